The maximum Gasteiger partial charge on any atom is 0.237 e. The first kappa shape index (κ1) is 15.6. The smallest absolute Gasteiger partial charge is 0.237 e. The summed E-state index contributed by atoms with van der Waals surface area (Å²) in [7, 11) is 0. The molecule has 1 unspecified atom stereocenters. The molecule has 1 rings (SSSR count). The zero-order chi connectivity index (χ0) is 14.6. The molecule has 0 saturated carbocycles. The Bertz CT molecular complexity index is 449. The molecule has 0 heterocycles. The van der Waals surface area contributed by atoms with E-state index in [1.54, 1.807) is 6.92 Å². The Hall–Kier alpha value is -1.49. The maximum atomic E-state index is 13.5. The number of nitrogens with one attached hydrogen (secondary N) is 1. The second-order valence-corrected chi connectivity index (χ2v) is 5.13. The van der Waals surface area contributed by atoms with Gasteiger partial charge in [-0.15, -0.1) is 0 Å². The molecule has 0 radical (unpaired) electrons. The van der Waals surface area contributed by atoms with Crippen LogP contribution in [-0.2, 0) is 4.79 Å². The number of carbonyl (C=O) groups excluding carboxylic acids is 1. The molecule has 0 aliphatic carbocycles. The van der Waals surface area contributed by atoms with Gasteiger partial charge in [-0.1, -0.05) is 13.8 Å². The maximum absolute atomic E-state index is 13.5. The number of hydrogen-bond donors (Lipinski definition) is 2. The van der Waals surface area contributed by atoms with Crippen molar-refractivity contribution in [3.05, 3.63) is 35.4 Å². The van der Waals surface area contributed by atoms with Crippen LogP contribution in [0.25, 0.3) is 0 Å². The lowest BCUT2D eigenvalue weighted by Crippen LogP contribution is -2.42. The van der Waals surface area contributed by atoms with Crippen molar-refractivity contribution in [2.45, 2.75) is 39.3 Å². The molecule has 0 aromatic heterocycles. The first-order valence-corrected chi connectivity index (χ1v) is 6.32. The van der Waals surface area contributed by atoms with Crippen molar-refractivity contribution in [2.24, 2.45) is 11.7 Å². The summed E-state index contributed by atoms with van der Waals surface area (Å²) in [6.07, 6.45) is 0.546. The summed E-state index contributed by atoms with van der Waals surface area (Å²) in [6.45, 7) is 5.52. The third-order valence-electron chi connectivity index (χ3n) is 2.85. The molecule has 1 amide bonds. The van der Waals surface area contributed by atoms with Crippen molar-refractivity contribution in [2.75, 3.05) is 0 Å². The molecule has 1 aromatic carbocycles. The van der Waals surface area contributed by atoms with E-state index < -0.39 is 23.7 Å². The fourth-order valence-electron chi connectivity index (χ4n) is 1.86. The number of rotatable bonds is 5. The molecule has 0 spiro atoms. The average molecular weight is 270 g/mol. The molecule has 3 nitrogen and oxygen atoms in total. The van der Waals surface area contributed by atoms with Crippen molar-refractivity contribution in [3.63, 3.8) is 0 Å². The lowest BCUT2D eigenvalue weighted by molar-refractivity contribution is -0.123. The van der Waals surface area contributed by atoms with E-state index in [9.17, 15) is 13.6 Å². The summed E-state index contributed by atoms with van der Waals surface area (Å²) in [5.41, 5.74) is 5.85. The highest BCUT2D eigenvalue weighted by atomic mass is 19.1. The summed E-state index contributed by atoms with van der Waals surface area (Å²) < 4.78 is 26.6. The van der Waals surface area contributed by atoms with Crippen molar-refractivity contribution in [1.82, 2.24) is 5.32 Å². The lowest BCUT2D eigenvalue weighted by atomic mass is 10.0. The molecule has 0 bridgehead atoms. The van der Waals surface area contributed by atoms with Crippen LogP contribution in [0.3, 0.4) is 0 Å². The molecule has 0 fully saturated rings. The van der Waals surface area contributed by atoms with Gasteiger partial charge < -0.3 is 11.1 Å². The number of carbonyl (C=O) groups is 1. The molecule has 3 N–H and O–H groups in total. The first-order valence-electron chi connectivity index (χ1n) is 6.32. The molecule has 106 valence electrons. The van der Waals surface area contributed by atoms with Gasteiger partial charge in [0.25, 0.3) is 0 Å². The van der Waals surface area contributed by atoms with Crippen LogP contribution in [0, 0.1) is 17.6 Å². The van der Waals surface area contributed by atoms with Gasteiger partial charge in [0.15, 0.2) is 0 Å². The fraction of sp³-hybridized carbons (Fsp3) is 0.500. The summed E-state index contributed by atoms with van der Waals surface area (Å²) in [6, 6.07) is 1.90. The van der Waals surface area contributed by atoms with E-state index in [0.29, 0.717) is 12.3 Å². The van der Waals surface area contributed by atoms with Crippen LogP contribution < -0.4 is 11.1 Å². The van der Waals surface area contributed by atoms with E-state index in [2.05, 4.69) is 5.32 Å². The van der Waals surface area contributed by atoms with E-state index in [0.717, 1.165) is 18.2 Å². The average Bonchev–Trinajstić information content (AvgIpc) is 2.31. The van der Waals surface area contributed by atoms with E-state index in [1.807, 2.05) is 13.8 Å². The highest BCUT2D eigenvalue weighted by Gasteiger charge is 2.19. The summed E-state index contributed by atoms with van der Waals surface area (Å²) in [5, 5.41) is 2.60. The molecule has 0 aliphatic rings. The van der Waals surface area contributed by atoms with Gasteiger partial charge in [-0.3, -0.25) is 4.79 Å². The number of benzene rings is 1. The van der Waals surface area contributed by atoms with Crippen LogP contribution in [0.1, 0.15) is 38.8 Å². The highest BCUT2D eigenvalue weighted by Crippen LogP contribution is 2.18. The Balaban J connectivity index is 2.71. The predicted octanol–water partition coefficient (Wildman–Crippen LogP) is 2.52. The molecular formula is C14H20F2N2O. The quantitative estimate of drug-likeness (QED) is 0.863. The Labute approximate surface area is 112 Å². The second kappa shape index (κ2) is 6.61. The van der Waals surface area contributed by atoms with Crippen LogP contribution in [0.5, 0.6) is 0 Å². The van der Waals surface area contributed by atoms with Gasteiger partial charge in [0.05, 0.1) is 12.1 Å². The minimum Gasteiger partial charge on any atom is -0.348 e. The molecule has 1 aromatic rings. The fourth-order valence-corrected chi connectivity index (χ4v) is 1.86. The van der Waals surface area contributed by atoms with Crippen LogP contribution in [0.2, 0.25) is 0 Å². The number of halogens is 2. The Kier molecular flexibility index (Phi) is 5.42. The van der Waals surface area contributed by atoms with Crippen molar-refractivity contribution < 1.29 is 13.6 Å². The first-order chi connectivity index (χ1) is 8.81. The minimum atomic E-state index is -0.640. The SMILES string of the molecule is CC(C)C[C@H](N)C(=O)NC(C)c1cc(F)ccc1F. The van der Waals surface area contributed by atoms with Crippen molar-refractivity contribution >= 4 is 5.91 Å². The van der Waals surface area contributed by atoms with Gasteiger partial charge in [0.1, 0.15) is 11.6 Å². The molecule has 0 aliphatic heterocycles. The topological polar surface area (TPSA) is 55.1 Å². The van der Waals surface area contributed by atoms with Gasteiger partial charge in [0.2, 0.25) is 5.91 Å². The van der Waals surface area contributed by atoms with E-state index in [1.165, 1.54) is 0 Å². The molecular weight excluding hydrogens is 250 g/mol. The predicted molar refractivity (Wildman–Crippen MR) is 70.3 cm³/mol. The zero-order valence-electron chi connectivity index (χ0n) is 11.4. The molecule has 2 atom stereocenters. The van der Waals surface area contributed by atoms with Crippen LogP contribution in [0.4, 0.5) is 8.78 Å². The minimum absolute atomic E-state index is 0.116. The third-order valence-corrected chi connectivity index (χ3v) is 2.85. The van der Waals surface area contributed by atoms with Crippen LogP contribution in [-0.4, -0.2) is 11.9 Å². The largest absolute Gasteiger partial charge is 0.348 e. The normalized spacial score (nSPS) is 14.3. The lowest BCUT2D eigenvalue weighted by Gasteiger charge is -2.19. The van der Waals surface area contributed by atoms with Crippen molar-refractivity contribution in [1.29, 1.82) is 0 Å². The Morgan fingerprint density at radius 1 is 1.32 bits per heavy atom. The standard InChI is InChI=1S/C14H20F2N2O/c1-8(2)6-13(17)14(19)18-9(3)11-7-10(15)4-5-12(11)16/h4-5,7-9,13H,6,17H2,1-3H3,(H,18,19)/t9?,13-/m0/s1. The summed E-state index contributed by atoms with van der Waals surface area (Å²) in [4.78, 5) is 11.8. The van der Waals surface area contributed by atoms with Gasteiger partial charge >= 0.3 is 0 Å². The Morgan fingerprint density at radius 2 is 1.95 bits per heavy atom. The van der Waals surface area contributed by atoms with Gasteiger partial charge in [-0.25, -0.2) is 8.78 Å². The number of hydrogen-bond acceptors (Lipinski definition) is 2. The molecule has 0 saturated heterocycles. The van der Waals surface area contributed by atoms with E-state index in [-0.39, 0.29) is 11.5 Å². The second-order valence-electron chi connectivity index (χ2n) is 5.13. The third kappa shape index (κ3) is 4.59. The highest BCUT2D eigenvalue weighted by molar-refractivity contribution is 5.81. The number of nitrogens with two attached hydrogens (primary N) is 1. The zero-order valence-corrected chi connectivity index (χ0v) is 11.4. The summed E-state index contributed by atoms with van der Waals surface area (Å²) in [5.74, 6) is -1.15. The van der Waals surface area contributed by atoms with E-state index >= 15 is 0 Å². The number of amides is 1. The van der Waals surface area contributed by atoms with Crippen LogP contribution >= 0.6 is 0 Å². The van der Waals surface area contributed by atoms with Crippen LogP contribution in [0.15, 0.2) is 18.2 Å². The van der Waals surface area contributed by atoms with Gasteiger partial charge in [0, 0.05) is 5.56 Å². The molecule has 5 heteroatoms. The summed E-state index contributed by atoms with van der Waals surface area (Å²) >= 11 is 0. The monoisotopic (exact) mass is 270 g/mol. The van der Waals surface area contributed by atoms with Gasteiger partial charge in [-0.2, -0.15) is 0 Å². The van der Waals surface area contributed by atoms with Gasteiger partial charge in [-0.05, 0) is 37.5 Å². The van der Waals surface area contributed by atoms with Crippen molar-refractivity contribution in [3.8, 4) is 0 Å². The Morgan fingerprint density at radius 3 is 2.53 bits per heavy atom. The van der Waals surface area contributed by atoms with E-state index in [4.69, 9.17) is 5.73 Å². The molecule has 19 heavy (non-hydrogen) atoms.